The standard InChI is InChI=1S/C23H38N4O.HI/c1-4-24-23(27-16-12-20(18-27)17-26-14-5-6-15-26)25-13-11-19(2)21-7-9-22(28-3)10-8-21;/h7-10,19-20H,4-6,11-18H2,1-3H3,(H,24,25);1H. The Kier molecular flexibility index (Phi) is 10.6. The van der Waals surface area contributed by atoms with E-state index in [1.165, 1.54) is 44.5 Å². The number of methoxy groups -OCH3 is 1. The Labute approximate surface area is 194 Å². The van der Waals surface area contributed by atoms with Crippen molar-refractivity contribution >= 4 is 29.9 Å². The summed E-state index contributed by atoms with van der Waals surface area (Å²) in [6.07, 6.45) is 5.12. The smallest absolute Gasteiger partial charge is 0.193 e. The van der Waals surface area contributed by atoms with Crippen LogP contribution in [0.15, 0.2) is 29.3 Å². The molecule has 0 bridgehead atoms. The average Bonchev–Trinajstić information content (AvgIpc) is 3.40. The number of hydrogen-bond donors (Lipinski definition) is 1. The zero-order valence-electron chi connectivity index (χ0n) is 18.4. The summed E-state index contributed by atoms with van der Waals surface area (Å²) in [5.41, 5.74) is 1.35. The molecule has 6 heteroatoms. The molecule has 1 N–H and O–H groups in total. The molecule has 2 aliphatic rings. The second-order valence-electron chi connectivity index (χ2n) is 8.31. The molecule has 1 aromatic carbocycles. The van der Waals surface area contributed by atoms with E-state index in [9.17, 15) is 0 Å². The number of benzene rings is 1. The Balaban J connectivity index is 0.00000300. The van der Waals surface area contributed by atoms with Crippen LogP contribution in [0.4, 0.5) is 0 Å². The van der Waals surface area contributed by atoms with Crippen LogP contribution in [0.25, 0.3) is 0 Å². The number of ether oxygens (including phenoxy) is 1. The Morgan fingerprint density at radius 1 is 1.21 bits per heavy atom. The highest BCUT2D eigenvalue weighted by molar-refractivity contribution is 14.0. The largest absolute Gasteiger partial charge is 0.497 e. The van der Waals surface area contributed by atoms with Gasteiger partial charge in [-0.25, -0.2) is 0 Å². The van der Waals surface area contributed by atoms with E-state index in [0.717, 1.165) is 50.2 Å². The summed E-state index contributed by atoms with van der Waals surface area (Å²) in [6.45, 7) is 12.4. The number of rotatable bonds is 8. The van der Waals surface area contributed by atoms with Gasteiger partial charge in [-0.3, -0.25) is 4.99 Å². The molecule has 2 aliphatic heterocycles. The Hall–Kier alpha value is -1.02. The number of aliphatic imine (C=N–C) groups is 1. The van der Waals surface area contributed by atoms with Crippen LogP contribution in [0.3, 0.4) is 0 Å². The highest BCUT2D eigenvalue weighted by Gasteiger charge is 2.27. The maximum atomic E-state index is 5.26. The first kappa shape index (κ1) is 24.3. The van der Waals surface area contributed by atoms with Crippen LogP contribution in [0, 0.1) is 5.92 Å². The van der Waals surface area contributed by atoms with E-state index >= 15 is 0 Å². The van der Waals surface area contributed by atoms with Crippen LogP contribution in [-0.4, -0.2) is 68.7 Å². The van der Waals surface area contributed by atoms with Crippen LogP contribution >= 0.6 is 24.0 Å². The number of nitrogens with one attached hydrogen (secondary N) is 1. The molecule has 5 nitrogen and oxygen atoms in total. The zero-order chi connectivity index (χ0) is 19.8. The Morgan fingerprint density at radius 2 is 1.93 bits per heavy atom. The highest BCUT2D eigenvalue weighted by Crippen LogP contribution is 2.23. The molecule has 0 radical (unpaired) electrons. The molecule has 164 valence electrons. The highest BCUT2D eigenvalue weighted by atomic mass is 127. The van der Waals surface area contributed by atoms with Crippen molar-refractivity contribution in [3.05, 3.63) is 29.8 Å². The lowest BCUT2D eigenvalue weighted by Gasteiger charge is -2.23. The van der Waals surface area contributed by atoms with Crippen LogP contribution in [0.2, 0.25) is 0 Å². The van der Waals surface area contributed by atoms with Gasteiger partial charge in [-0.1, -0.05) is 19.1 Å². The van der Waals surface area contributed by atoms with Gasteiger partial charge in [0, 0.05) is 32.7 Å². The molecule has 2 unspecified atom stereocenters. The van der Waals surface area contributed by atoms with Gasteiger partial charge >= 0.3 is 0 Å². The van der Waals surface area contributed by atoms with Crippen molar-refractivity contribution < 1.29 is 4.74 Å². The van der Waals surface area contributed by atoms with Crippen LogP contribution < -0.4 is 10.1 Å². The monoisotopic (exact) mass is 514 g/mol. The Bertz CT molecular complexity index is 616. The second kappa shape index (κ2) is 12.6. The lowest BCUT2D eigenvalue weighted by atomic mass is 9.98. The van der Waals surface area contributed by atoms with Gasteiger partial charge in [-0.15, -0.1) is 24.0 Å². The predicted molar refractivity (Wildman–Crippen MR) is 133 cm³/mol. The summed E-state index contributed by atoms with van der Waals surface area (Å²) in [7, 11) is 1.71. The maximum absolute atomic E-state index is 5.26. The lowest BCUT2D eigenvalue weighted by molar-refractivity contribution is 0.281. The first-order valence-electron chi connectivity index (χ1n) is 11.1. The van der Waals surface area contributed by atoms with Gasteiger partial charge < -0.3 is 19.9 Å². The molecule has 0 saturated carbocycles. The maximum Gasteiger partial charge on any atom is 0.193 e. The zero-order valence-corrected chi connectivity index (χ0v) is 20.7. The SMILES string of the molecule is CCNC(=NCCC(C)c1ccc(OC)cc1)N1CCC(CN2CCCC2)C1.I. The number of hydrogen-bond acceptors (Lipinski definition) is 3. The normalized spacial score (nSPS) is 21.1. The van der Waals surface area contributed by atoms with Crippen molar-refractivity contribution in [1.82, 2.24) is 15.1 Å². The third kappa shape index (κ3) is 7.31. The molecular weight excluding hydrogens is 475 g/mol. The molecule has 2 fully saturated rings. The molecule has 1 aromatic rings. The predicted octanol–water partition coefficient (Wildman–Crippen LogP) is 4.19. The molecule has 29 heavy (non-hydrogen) atoms. The summed E-state index contributed by atoms with van der Waals surface area (Å²) in [4.78, 5) is 10.1. The second-order valence-corrected chi connectivity index (χ2v) is 8.31. The van der Waals surface area contributed by atoms with E-state index < -0.39 is 0 Å². The van der Waals surface area contributed by atoms with Gasteiger partial charge in [-0.2, -0.15) is 0 Å². The average molecular weight is 514 g/mol. The molecule has 3 rings (SSSR count). The first-order chi connectivity index (χ1) is 13.7. The molecule has 0 aromatic heterocycles. The van der Waals surface area contributed by atoms with E-state index in [4.69, 9.17) is 9.73 Å². The summed E-state index contributed by atoms with van der Waals surface area (Å²) in [5.74, 6) is 3.31. The van der Waals surface area contributed by atoms with Gasteiger partial charge in [0.2, 0.25) is 0 Å². The minimum absolute atomic E-state index is 0. The molecule has 0 spiro atoms. The van der Waals surface area contributed by atoms with Crippen molar-refractivity contribution in [2.75, 3.05) is 52.9 Å². The fraction of sp³-hybridized carbons (Fsp3) is 0.696. The summed E-state index contributed by atoms with van der Waals surface area (Å²) >= 11 is 0. The van der Waals surface area contributed by atoms with E-state index in [0.29, 0.717) is 5.92 Å². The number of nitrogens with zero attached hydrogens (tertiary/aromatic N) is 3. The third-order valence-corrected chi connectivity index (χ3v) is 6.14. The summed E-state index contributed by atoms with van der Waals surface area (Å²) in [5, 5.41) is 3.51. The molecular formula is C23H39IN4O. The Morgan fingerprint density at radius 3 is 2.59 bits per heavy atom. The van der Waals surface area contributed by atoms with Crippen molar-refractivity contribution in [3.63, 3.8) is 0 Å². The lowest BCUT2D eigenvalue weighted by Crippen LogP contribution is -2.40. The topological polar surface area (TPSA) is 40.1 Å². The van der Waals surface area contributed by atoms with Gasteiger partial charge in [0.05, 0.1) is 7.11 Å². The quantitative estimate of drug-likeness (QED) is 0.321. The van der Waals surface area contributed by atoms with E-state index in [2.05, 4.69) is 41.1 Å². The van der Waals surface area contributed by atoms with Crippen LogP contribution in [0.1, 0.15) is 51.0 Å². The van der Waals surface area contributed by atoms with Gasteiger partial charge in [-0.05, 0) is 75.2 Å². The van der Waals surface area contributed by atoms with Crippen molar-refractivity contribution in [2.45, 2.75) is 45.4 Å². The van der Waals surface area contributed by atoms with Crippen molar-refractivity contribution in [3.8, 4) is 5.75 Å². The molecule has 2 saturated heterocycles. The van der Waals surface area contributed by atoms with E-state index in [1.54, 1.807) is 7.11 Å². The van der Waals surface area contributed by atoms with Crippen LogP contribution in [-0.2, 0) is 0 Å². The van der Waals surface area contributed by atoms with Crippen molar-refractivity contribution in [2.24, 2.45) is 10.9 Å². The number of likely N-dealkylation sites (tertiary alicyclic amines) is 2. The fourth-order valence-corrected chi connectivity index (χ4v) is 4.39. The number of halogens is 1. The summed E-state index contributed by atoms with van der Waals surface area (Å²) < 4.78 is 5.26. The van der Waals surface area contributed by atoms with E-state index in [1.807, 2.05) is 12.1 Å². The molecule has 2 atom stereocenters. The van der Waals surface area contributed by atoms with E-state index in [-0.39, 0.29) is 24.0 Å². The summed E-state index contributed by atoms with van der Waals surface area (Å²) in [6, 6.07) is 8.43. The fourth-order valence-electron chi connectivity index (χ4n) is 4.39. The first-order valence-corrected chi connectivity index (χ1v) is 11.1. The molecule has 0 amide bonds. The third-order valence-electron chi connectivity index (χ3n) is 6.14. The van der Waals surface area contributed by atoms with Crippen LogP contribution in [0.5, 0.6) is 5.75 Å². The molecule has 2 heterocycles. The van der Waals surface area contributed by atoms with Crippen molar-refractivity contribution in [1.29, 1.82) is 0 Å². The minimum Gasteiger partial charge on any atom is -0.497 e. The molecule has 0 aliphatic carbocycles. The van der Waals surface area contributed by atoms with Gasteiger partial charge in [0.25, 0.3) is 0 Å². The van der Waals surface area contributed by atoms with Gasteiger partial charge in [0.15, 0.2) is 5.96 Å². The number of guanidine groups is 1. The minimum atomic E-state index is 0. The van der Waals surface area contributed by atoms with Gasteiger partial charge in [0.1, 0.15) is 5.75 Å².